The maximum atomic E-state index is 5.51. The number of halogens is 1. The standard InChI is InChI=1S/C6H12BrNO/c7-6-4-9-2-1-5(6)3-8/h5-6H,1-4,8H2/t5-,6+/m0/s1. The second-order valence-corrected chi connectivity index (χ2v) is 3.55. The molecule has 2 N–H and O–H groups in total. The Morgan fingerprint density at radius 3 is 2.89 bits per heavy atom. The third kappa shape index (κ3) is 1.92. The first-order chi connectivity index (χ1) is 4.34. The summed E-state index contributed by atoms with van der Waals surface area (Å²) in [5.74, 6) is 0.624. The summed E-state index contributed by atoms with van der Waals surface area (Å²) < 4.78 is 5.21. The fraction of sp³-hybridized carbons (Fsp3) is 1.00. The van der Waals surface area contributed by atoms with E-state index in [1.54, 1.807) is 0 Å². The normalized spacial score (nSPS) is 36.7. The Kier molecular flexibility index (Phi) is 2.95. The van der Waals surface area contributed by atoms with Gasteiger partial charge in [-0.05, 0) is 18.9 Å². The summed E-state index contributed by atoms with van der Waals surface area (Å²) in [6, 6.07) is 0. The van der Waals surface area contributed by atoms with Gasteiger partial charge in [-0.15, -0.1) is 0 Å². The smallest absolute Gasteiger partial charge is 0.0594 e. The van der Waals surface area contributed by atoms with Gasteiger partial charge in [-0.1, -0.05) is 15.9 Å². The molecule has 1 aliphatic rings. The summed E-state index contributed by atoms with van der Waals surface area (Å²) >= 11 is 3.51. The van der Waals surface area contributed by atoms with E-state index in [1.807, 2.05) is 0 Å². The third-order valence-corrected chi connectivity index (χ3v) is 2.74. The second kappa shape index (κ2) is 3.54. The average molecular weight is 194 g/mol. The maximum absolute atomic E-state index is 5.51. The van der Waals surface area contributed by atoms with Crippen molar-refractivity contribution in [2.24, 2.45) is 11.7 Å². The minimum Gasteiger partial charge on any atom is -0.380 e. The molecule has 2 nitrogen and oxygen atoms in total. The van der Waals surface area contributed by atoms with Gasteiger partial charge in [0.15, 0.2) is 0 Å². The number of nitrogens with two attached hydrogens (primary N) is 1. The molecule has 1 heterocycles. The molecule has 0 radical (unpaired) electrons. The van der Waals surface area contributed by atoms with Gasteiger partial charge >= 0.3 is 0 Å². The fourth-order valence-electron chi connectivity index (χ4n) is 1.01. The van der Waals surface area contributed by atoms with E-state index in [0.29, 0.717) is 10.7 Å². The average Bonchev–Trinajstić information content (AvgIpc) is 1.89. The van der Waals surface area contributed by atoms with Crippen LogP contribution in [0.4, 0.5) is 0 Å². The monoisotopic (exact) mass is 193 g/mol. The Morgan fingerprint density at radius 2 is 2.44 bits per heavy atom. The third-order valence-electron chi connectivity index (χ3n) is 1.72. The molecule has 1 rings (SSSR count). The summed E-state index contributed by atoms with van der Waals surface area (Å²) in [6.45, 7) is 2.48. The zero-order valence-electron chi connectivity index (χ0n) is 5.35. The lowest BCUT2D eigenvalue weighted by molar-refractivity contribution is 0.0762. The molecule has 1 saturated heterocycles. The molecule has 0 aromatic carbocycles. The number of rotatable bonds is 1. The zero-order valence-corrected chi connectivity index (χ0v) is 6.93. The van der Waals surface area contributed by atoms with Crippen molar-refractivity contribution in [3.8, 4) is 0 Å². The minimum atomic E-state index is 0.483. The van der Waals surface area contributed by atoms with Crippen LogP contribution in [0.2, 0.25) is 0 Å². The number of ether oxygens (including phenoxy) is 1. The van der Waals surface area contributed by atoms with Crippen LogP contribution in [0.25, 0.3) is 0 Å². The fourth-order valence-corrected chi connectivity index (χ4v) is 1.68. The Hall–Kier alpha value is 0.400. The number of alkyl halides is 1. The molecule has 0 unspecified atom stereocenters. The Labute approximate surface area is 63.9 Å². The van der Waals surface area contributed by atoms with Crippen LogP contribution in [0.5, 0.6) is 0 Å². The first kappa shape index (κ1) is 7.51. The molecule has 0 aromatic rings. The minimum absolute atomic E-state index is 0.483. The SMILES string of the molecule is NC[C@@H]1CCOC[C@H]1Br. The van der Waals surface area contributed by atoms with E-state index >= 15 is 0 Å². The summed E-state index contributed by atoms with van der Waals surface area (Å²) in [7, 11) is 0. The number of hydrogen-bond donors (Lipinski definition) is 1. The molecule has 1 fully saturated rings. The lowest BCUT2D eigenvalue weighted by Gasteiger charge is -2.25. The predicted octanol–water partition coefficient (Wildman–Crippen LogP) is 0.745. The van der Waals surface area contributed by atoms with Crippen molar-refractivity contribution in [2.45, 2.75) is 11.2 Å². The first-order valence-corrected chi connectivity index (χ1v) is 4.18. The van der Waals surface area contributed by atoms with Gasteiger partial charge in [-0.3, -0.25) is 0 Å². The van der Waals surface area contributed by atoms with Crippen molar-refractivity contribution in [3.63, 3.8) is 0 Å². The van der Waals surface area contributed by atoms with Crippen molar-refractivity contribution >= 4 is 15.9 Å². The van der Waals surface area contributed by atoms with Crippen LogP contribution in [-0.4, -0.2) is 24.6 Å². The van der Waals surface area contributed by atoms with Crippen LogP contribution in [-0.2, 0) is 4.74 Å². The topological polar surface area (TPSA) is 35.2 Å². The molecule has 0 saturated carbocycles. The van der Waals surface area contributed by atoms with Gasteiger partial charge in [0.1, 0.15) is 0 Å². The quantitative estimate of drug-likeness (QED) is 0.625. The van der Waals surface area contributed by atoms with Gasteiger partial charge in [0.25, 0.3) is 0 Å². The van der Waals surface area contributed by atoms with Crippen LogP contribution in [0.3, 0.4) is 0 Å². The van der Waals surface area contributed by atoms with Crippen molar-refractivity contribution < 1.29 is 4.74 Å². The van der Waals surface area contributed by atoms with Crippen molar-refractivity contribution in [2.75, 3.05) is 19.8 Å². The molecule has 0 bridgehead atoms. The molecule has 0 aliphatic carbocycles. The van der Waals surface area contributed by atoms with Crippen LogP contribution in [0.1, 0.15) is 6.42 Å². The van der Waals surface area contributed by atoms with Gasteiger partial charge in [0.05, 0.1) is 6.61 Å². The van der Waals surface area contributed by atoms with Gasteiger partial charge in [0, 0.05) is 11.4 Å². The molecule has 0 spiro atoms. The molecule has 2 atom stereocenters. The molecule has 0 amide bonds. The van der Waals surface area contributed by atoms with Crippen molar-refractivity contribution in [3.05, 3.63) is 0 Å². The summed E-state index contributed by atoms with van der Waals surface area (Å²) in [5, 5.41) is 0. The highest BCUT2D eigenvalue weighted by Gasteiger charge is 2.21. The van der Waals surface area contributed by atoms with Gasteiger partial charge in [-0.25, -0.2) is 0 Å². The Balaban J connectivity index is 2.30. The van der Waals surface area contributed by atoms with Crippen LogP contribution in [0, 0.1) is 5.92 Å². The van der Waals surface area contributed by atoms with E-state index in [2.05, 4.69) is 15.9 Å². The largest absolute Gasteiger partial charge is 0.380 e. The van der Waals surface area contributed by atoms with Crippen molar-refractivity contribution in [1.29, 1.82) is 0 Å². The van der Waals surface area contributed by atoms with Gasteiger partial charge < -0.3 is 10.5 Å². The predicted molar refractivity (Wildman–Crippen MR) is 40.7 cm³/mol. The number of hydrogen-bond acceptors (Lipinski definition) is 2. The van der Waals surface area contributed by atoms with E-state index in [0.717, 1.165) is 26.2 Å². The first-order valence-electron chi connectivity index (χ1n) is 3.26. The molecule has 0 aromatic heterocycles. The lowest BCUT2D eigenvalue weighted by atomic mass is 10.0. The molecular formula is C6H12BrNO. The van der Waals surface area contributed by atoms with Crippen LogP contribution >= 0.6 is 15.9 Å². The Bertz CT molecular complexity index is 89.1. The van der Waals surface area contributed by atoms with Crippen LogP contribution < -0.4 is 5.73 Å². The van der Waals surface area contributed by atoms with Gasteiger partial charge in [0.2, 0.25) is 0 Å². The van der Waals surface area contributed by atoms with E-state index in [-0.39, 0.29) is 0 Å². The summed E-state index contributed by atoms with van der Waals surface area (Å²) in [5.41, 5.74) is 5.51. The molecule has 1 aliphatic heterocycles. The van der Waals surface area contributed by atoms with E-state index in [4.69, 9.17) is 10.5 Å². The molecule has 3 heteroatoms. The Morgan fingerprint density at radius 1 is 1.67 bits per heavy atom. The van der Waals surface area contributed by atoms with E-state index in [9.17, 15) is 0 Å². The maximum Gasteiger partial charge on any atom is 0.0594 e. The van der Waals surface area contributed by atoms with E-state index in [1.165, 1.54) is 0 Å². The zero-order chi connectivity index (χ0) is 6.69. The highest BCUT2D eigenvalue weighted by atomic mass is 79.9. The van der Waals surface area contributed by atoms with Gasteiger partial charge in [-0.2, -0.15) is 0 Å². The lowest BCUT2D eigenvalue weighted by Crippen LogP contribution is -2.32. The highest BCUT2D eigenvalue weighted by molar-refractivity contribution is 9.09. The molecule has 9 heavy (non-hydrogen) atoms. The second-order valence-electron chi connectivity index (χ2n) is 2.38. The molecular weight excluding hydrogens is 182 g/mol. The highest BCUT2D eigenvalue weighted by Crippen LogP contribution is 2.20. The van der Waals surface area contributed by atoms with Crippen LogP contribution in [0.15, 0.2) is 0 Å². The van der Waals surface area contributed by atoms with Crippen molar-refractivity contribution in [1.82, 2.24) is 0 Å². The molecule has 54 valence electrons. The summed E-state index contributed by atoms with van der Waals surface area (Å²) in [6.07, 6.45) is 1.10. The van der Waals surface area contributed by atoms with E-state index < -0.39 is 0 Å². The summed E-state index contributed by atoms with van der Waals surface area (Å²) in [4.78, 5) is 0.483.